The van der Waals surface area contributed by atoms with E-state index in [9.17, 15) is 0 Å². The molecule has 78 valence electrons. The van der Waals surface area contributed by atoms with Gasteiger partial charge in [-0.25, -0.2) is 0 Å². The third-order valence-electron chi connectivity index (χ3n) is 2.28. The van der Waals surface area contributed by atoms with Crippen molar-refractivity contribution >= 4 is 11.6 Å². The van der Waals surface area contributed by atoms with Crippen LogP contribution in [0.5, 0.6) is 0 Å². The maximum atomic E-state index is 6.09. The minimum absolute atomic E-state index is 0.477. The molecule has 0 heterocycles. The van der Waals surface area contributed by atoms with Gasteiger partial charge in [-0.2, -0.15) is 0 Å². The lowest BCUT2D eigenvalue weighted by atomic mass is 10.00. The summed E-state index contributed by atoms with van der Waals surface area (Å²) in [6, 6.07) is 6.21. The lowest BCUT2D eigenvalue weighted by molar-refractivity contribution is 0.202. The van der Waals surface area contributed by atoms with Gasteiger partial charge in [0.25, 0.3) is 0 Å². The lowest BCUT2D eigenvalue weighted by Gasteiger charge is -2.10. The van der Waals surface area contributed by atoms with Crippen molar-refractivity contribution in [1.82, 2.24) is 0 Å². The fourth-order valence-electron chi connectivity index (χ4n) is 1.41. The molecule has 0 spiro atoms. The summed E-state index contributed by atoms with van der Waals surface area (Å²) in [5.41, 5.74) is 2.51. The third kappa shape index (κ3) is 3.00. The summed E-state index contributed by atoms with van der Waals surface area (Å²) >= 11 is 6.09. The second-order valence-corrected chi connectivity index (χ2v) is 4.16. The van der Waals surface area contributed by atoms with Crippen LogP contribution in [0.25, 0.3) is 0 Å². The molecule has 1 rings (SSSR count). The molecule has 0 aliphatic carbocycles. The molecule has 1 aromatic carbocycles. The maximum absolute atomic E-state index is 6.09. The van der Waals surface area contributed by atoms with Crippen molar-refractivity contribution in [2.24, 2.45) is 0 Å². The quantitative estimate of drug-likeness (QED) is 0.741. The normalized spacial score (nSPS) is 10.9. The zero-order valence-electron chi connectivity index (χ0n) is 9.01. The molecule has 0 unspecified atom stereocenters. The molecule has 1 nitrogen and oxygen atoms in total. The highest BCUT2D eigenvalue weighted by Crippen LogP contribution is 2.25. The van der Waals surface area contributed by atoms with Gasteiger partial charge in [0.1, 0.15) is 0 Å². The number of ether oxygens (including phenoxy) is 1. The van der Waals surface area contributed by atoms with E-state index in [0.717, 1.165) is 18.1 Å². The van der Waals surface area contributed by atoms with Crippen molar-refractivity contribution in [3.63, 3.8) is 0 Å². The number of benzene rings is 1. The lowest BCUT2D eigenvalue weighted by Crippen LogP contribution is -1.97. The van der Waals surface area contributed by atoms with Gasteiger partial charge in [-0.1, -0.05) is 37.6 Å². The van der Waals surface area contributed by atoms with E-state index >= 15 is 0 Å². The van der Waals surface area contributed by atoms with Crippen LogP contribution < -0.4 is 0 Å². The predicted molar refractivity (Wildman–Crippen MR) is 61.1 cm³/mol. The average molecular weight is 213 g/mol. The van der Waals surface area contributed by atoms with Gasteiger partial charge in [-0.15, -0.1) is 0 Å². The van der Waals surface area contributed by atoms with E-state index in [0.29, 0.717) is 5.92 Å². The Kier molecular flexibility index (Phi) is 4.43. The van der Waals surface area contributed by atoms with Gasteiger partial charge in [0.05, 0.1) is 6.61 Å². The Morgan fingerprint density at radius 1 is 1.36 bits per heavy atom. The van der Waals surface area contributed by atoms with Crippen molar-refractivity contribution in [3.8, 4) is 0 Å². The van der Waals surface area contributed by atoms with Crippen LogP contribution >= 0.6 is 11.6 Å². The van der Waals surface area contributed by atoms with Crippen LogP contribution in [0.4, 0.5) is 0 Å². The molecule has 2 heteroatoms. The van der Waals surface area contributed by atoms with Gasteiger partial charge in [0.2, 0.25) is 0 Å². The third-order valence-corrected chi connectivity index (χ3v) is 2.62. The second-order valence-electron chi connectivity index (χ2n) is 3.75. The van der Waals surface area contributed by atoms with Crippen LogP contribution in [-0.4, -0.2) is 13.7 Å². The molecule has 14 heavy (non-hydrogen) atoms. The number of rotatable bonds is 4. The Balaban J connectivity index is 2.83. The molecule has 0 saturated carbocycles. The van der Waals surface area contributed by atoms with Crippen molar-refractivity contribution in [2.75, 3.05) is 13.7 Å². The van der Waals surface area contributed by atoms with Gasteiger partial charge in [0.15, 0.2) is 0 Å². The van der Waals surface area contributed by atoms with Gasteiger partial charge < -0.3 is 4.74 Å². The molecule has 0 bridgehead atoms. The van der Waals surface area contributed by atoms with Crippen LogP contribution in [0.1, 0.15) is 30.9 Å². The summed E-state index contributed by atoms with van der Waals surface area (Å²) < 4.78 is 5.04. The molecular formula is C12H17ClO. The SMILES string of the molecule is COCCc1ccc(Cl)c(C(C)C)c1. The van der Waals surface area contributed by atoms with Crippen molar-refractivity contribution < 1.29 is 4.74 Å². The van der Waals surface area contributed by atoms with Crippen LogP contribution in [0.15, 0.2) is 18.2 Å². The van der Waals surface area contributed by atoms with Crippen LogP contribution in [0, 0.1) is 0 Å². The summed E-state index contributed by atoms with van der Waals surface area (Å²) in [6.07, 6.45) is 0.952. The van der Waals surface area contributed by atoms with Crippen LogP contribution in [0.2, 0.25) is 5.02 Å². The van der Waals surface area contributed by atoms with E-state index < -0.39 is 0 Å². The van der Waals surface area contributed by atoms with Crippen molar-refractivity contribution in [3.05, 3.63) is 34.3 Å². The smallest absolute Gasteiger partial charge is 0.0502 e. The molecule has 0 radical (unpaired) electrons. The molecule has 0 fully saturated rings. The average Bonchev–Trinajstić information content (AvgIpc) is 2.16. The monoisotopic (exact) mass is 212 g/mol. The summed E-state index contributed by atoms with van der Waals surface area (Å²) in [7, 11) is 1.72. The molecule has 0 amide bonds. The summed E-state index contributed by atoms with van der Waals surface area (Å²) in [4.78, 5) is 0. The molecule has 0 N–H and O–H groups in total. The Hall–Kier alpha value is -0.530. The van der Waals surface area contributed by atoms with E-state index in [4.69, 9.17) is 16.3 Å². The molecule has 0 saturated heterocycles. The first-order valence-electron chi connectivity index (χ1n) is 4.92. The highest BCUT2D eigenvalue weighted by Gasteiger charge is 2.05. The number of hydrogen-bond acceptors (Lipinski definition) is 1. The Morgan fingerprint density at radius 2 is 2.07 bits per heavy atom. The van der Waals surface area contributed by atoms with Crippen molar-refractivity contribution in [2.45, 2.75) is 26.2 Å². The molecule has 0 atom stereocenters. The molecule has 0 aliphatic rings. The zero-order valence-corrected chi connectivity index (χ0v) is 9.77. The first-order valence-corrected chi connectivity index (χ1v) is 5.30. The summed E-state index contributed by atoms with van der Waals surface area (Å²) in [5.74, 6) is 0.477. The highest BCUT2D eigenvalue weighted by molar-refractivity contribution is 6.31. The summed E-state index contributed by atoms with van der Waals surface area (Å²) in [5, 5.41) is 0.862. The van der Waals surface area contributed by atoms with Crippen molar-refractivity contribution in [1.29, 1.82) is 0 Å². The van der Waals surface area contributed by atoms with Gasteiger partial charge >= 0.3 is 0 Å². The number of methoxy groups -OCH3 is 1. The van der Waals surface area contributed by atoms with E-state index in [2.05, 4.69) is 26.0 Å². The first kappa shape index (κ1) is 11.5. The summed E-state index contributed by atoms with van der Waals surface area (Å²) in [6.45, 7) is 5.07. The van der Waals surface area contributed by atoms with Crippen LogP contribution in [0.3, 0.4) is 0 Å². The number of hydrogen-bond donors (Lipinski definition) is 0. The fourth-order valence-corrected chi connectivity index (χ4v) is 1.75. The van der Waals surface area contributed by atoms with E-state index in [1.54, 1.807) is 7.11 Å². The molecular weight excluding hydrogens is 196 g/mol. The Labute approximate surface area is 91.0 Å². The van der Waals surface area contributed by atoms with Gasteiger partial charge in [0, 0.05) is 12.1 Å². The van der Waals surface area contributed by atoms with E-state index in [1.807, 2.05) is 6.07 Å². The maximum Gasteiger partial charge on any atom is 0.0502 e. The molecule has 0 aromatic heterocycles. The molecule has 1 aromatic rings. The largest absolute Gasteiger partial charge is 0.384 e. The second kappa shape index (κ2) is 5.38. The Morgan fingerprint density at radius 3 is 2.64 bits per heavy atom. The topological polar surface area (TPSA) is 9.23 Å². The van der Waals surface area contributed by atoms with E-state index in [-0.39, 0.29) is 0 Å². The standard InChI is InChI=1S/C12H17ClO/c1-9(2)11-8-10(6-7-14-3)4-5-12(11)13/h4-5,8-9H,6-7H2,1-3H3. The number of halogens is 1. The van der Waals surface area contributed by atoms with E-state index in [1.165, 1.54) is 11.1 Å². The first-order chi connectivity index (χ1) is 6.65. The molecule has 0 aliphatic heterocycles. The zero-order chi connectivity index (χ0) is 10.6. The van der Waals surface area contributed by atoms with Gasteiger partial charge in [-0.3, -0.25) is 0 Å². The fraction of sp³-hybridized carbons (Fsp3) is 0.500. The minimum atomic E-state index is 0.477. The predicted octanol–water partition coefficient (Wildman–Crippen LogP) is 3.65. The highest BCUT2D eigenvalue weighted by atomic mass is 35.5. The Bertz CT molecular complexity index is 294. The van der Waals surface area contributed by atoms with Gasteiger partial charge in [-0.05, 0) is 29.5 Å². The minimum Gasteiger partial charge on any atom is -0.384 e. The van der Waals surface area contributed by atoms with Crippen LogP contribution in [-0.2, 0) is 11.2 Å².